The molecule has 0 aliphatic heterocycles. The zero-order valence-electron chi connectivity index (χ0n) is 15.1. The lowest BCUT2D eigenvalue weighted by Gasteiger charge is -2.22. The Labute approximate surface area is 140 Å². The summed E-state index contributed by atoms with van der Waals surface area (Å²) in [6.07, 6.45) is 3.14. The topological polar surface area (TPSA) is 12.5 Å². The van der Waals surface area contributed by atoms with Gasteiger partial charge in [0.05, 0.1) is 7.11 Å². The van der Waals surface area contributed by atoms with E-state index in [9.17, 15) is 0 Å². The fourth-order valence-electron chi connectivity index (χ4n) is 3.16. The summed E-state index contributed by atoms with van der Waals surface area (Å²) in [4.78, 5) is 2.15. The van der Waals surface area contributed by atoms with Crippen molar-refractivity contribution in [3.63, 3.8) is 0 Å². The lowest BCUT2D eigenvalue weighted by atomic mass is 9.91. The van der Waals surface area contributed by atoms with Crippen molar-refractivity contribution < 1.29 is 4.74 Å². The highest BCUT2D eigenvalue weighted by molar-refractivity contribution is 5.89. The van der Waals surface area contributed by atoms with Crippen LogP contribution in [0.3, 0.4) is 0 Å². The van der Waals surface area contributed by atoms with Crippen LogP contribution in [0.1, 0.15) is 36.1 Å². The minimum atomic E-state index is 0.967. The van der Waals surface area contributed by atoms with Crippen molar-refractivity contribution in [2.75, 3.05) is 26.1 Å². The summed E-state index contributed by atoms with van der Waals surface area (Å²) in [6, 6.07) is 12.9. The van der Waals surface area contributed by atoms with Gasteiger partial charge in [-0.2, -0.15) is 0 Å². The van der Waals surface area contributed by atoms with E-state index in [0.717, 1.165) is 17.7 Å². The van der Waals surface area contributed by atoms with Gasteiger partial charge in [0.15, 0.2) is 0 Å². The Hall–Kier alpha value is -2.22. The Kier molecular flexibility index (Phi) is 5.49. The minimum Gasteiger partial charge on any atom is -0.496 e. The summed E-state index contributed by atoms with van der Waals surface area (Å²) in [5.74, 6) is 0.995. The molecule has 0 saturated carbocycles. The van der Waals surface area contributed by atoms with Gasteiger partial charge in [0, 0.05) is 30.9 Å². The van der Waals surface area contributed by atoms with Crippen molar-refractivity contribution >= 4 is 11.3 Å². The standard InChI is InChI=1S/C21H27NO/c1-7-16-15(3)13-14-19(21(16)23-6)17(8-2)18-11-9-10-12-20(18)22(4)5/h8-14H,7H2,1-6H3/b17-8+. The molecule has 0 amide bonds. The second-order valence-corrected chi connectivity index (χ2v) is 5.91. The maximum absolute atomic E-state index is 5.80. The van der Waals surface area contributed by atoms with Crippen LogP contribution in [-0.4, -0.2) is 21.2 Å². The van der Waals surface area contributed by atoms with Gasteiger partial charge in [-0.05, 0) is 43.0 Å². The molecule has 0 aliphatic rings. The number of para-hydroxylation sites is 1. The van der Waals surface area contributed by atoms with Gasteiger partial charge in [-0.25, -0.2) is 0 Å². The highest BCUT2D eigenvalue weighted by Gasteiger charge is 2.17. The van der Waals surface area contributed by atoms with Gasteiger partial charge in [0.1, 0.15) is 5.75 Å². The predicted molar refractivity (Wildman–Crippen MR) is 101 cm³/mol. The lowest BCUT2D eigenvalue weighted by molar-refractivity contribution is 0.408. The molecule has 0 fully saturated rings. The van der Waals surface area contributed by atoms with Crippen molar-refractivity contribution in [3.8, 4) is 5.75 Å². The molecule has 0 N–H and O–H groups in total. The summed E-state index contributed by atoms with van der Waals surface area (Å²) in [6.45, 7) is 6.42. The fourth-order valence-corrected chi connectivity index (χ4v) is 3.16. The maximum Gasteiger partial charge on any atom is 0.130 e. The fraction of sp³-hybridized carbons (Fsp3) is 0.333. The Morgan fingerprint density at radius 1 is 1.09 bits per heavy atom. The summed E-state index contributed by atoms with van der Waals surface area (Å²) in [5.41, 5.74) is 7.37. The number of allylic oxidation sites excluding steroid dienone is 1. The number of hydrogen-bond acceptors (Lipinski definition) is 2. The van der Waals surface area contributed by atoms with E-state index < -0.39 is 0 Å². The molecule has 0 unspecified atom stereocenters. The largest absolute Gasteiger partial charge is 0.496 e. The van der Waals surface area contributed by atoms with Crippen LogP contribution in [0.5, 0.6) is 5.75 Å². The number of hydrogen-bond donors (Lipinski definition) is 0. The van der Waals surface area contributed by atoms with E-state index in [1.165, 1.54) is 28.0 Å². The van der Waals surface area contributed by atoms with Crippen LogP contribution in [0.2, 0.25) is 0 Å². The van der Waals surface area contributed by atoms with Crippen LogP contribution in [0.25, 0.3) is 5.57 Å². The molecule has 23 heavy (non-hydrogen) atoms. The lowest BCUT2D eigenvalue weighted by Crippen LogP contribution is -2.11. The first-order chi connectivity index (χ1) is 11.0. The Balaban J connectivity index is 2.70. The number of anilines is 1. The molecule has 2 heteroatoms. The molecule has 0 bridgehead atoms. The summed E-state index contributed by atoms with van der Waals surface area (Å²) in [7, 11) is 5.93. The quantitative estimate of drug-likeness (QED) is 0.763. The summed E-state index contributed by atoms with van der Waals surface area (Å²) in [5, 5.41) is 0. The van der Waals surface area contributed by atoms with Crippen molar-refractivity contribution in [2.45, 2.75) is 27.2 Å². The highest BCUT2D eigenvalue weighted by atomic mass is 16.5. The second kappa shape index (κ2) is 7.36. The van der Waals surface area contributed by atoms with Crippen molar-refractivity contribution in [1.29, 1.82) is 0 Å². The molecule has 0 atom stereocenters. The maximum atomic E-state index is 5.80. The minimum absolute atomic E-state index is 0.967. The van der Waals surface area contributed by atoms with E-state index in [1.54, 1.807) is 7.11 Å². The van der Waals surface area contributed by atoms with Gasteiger partial charge in [0.25, 0.3) is 0 Å². The first-order valence-electron chi connectivity index (χ1n) is 8.15. The van der Waals surface area contributed by atoms with Gasteiger partial charge in [0.2, 0.25) is 0 Å². The van der Waals surface area contributed by atoms with Crippen LogP contribution < -0.4 is 9.64 Å². The van der Waals surface area contributed by atoms with E-state index in [1.807, 2.05) is 0 Å². The number of aryl methyl sites for hydroxylation is 1. The second-order valence-electron chi connectivity index (χ2n) is 5.91. The molecule has 0 aromatic heterocycles. The Morgan fingerprint density at radius 3 is 2.35 bits per heavy atom. The molecule has 2 rings (SSSR count). The van der Waals surface area contributed by atoms with E-state index in [0.29, 0.717) is 0 Å². The van der Waals surface area contributed by atoms with Gasteiger partial charge >= 0.3 is 0 Å². The van der Waals surface area contributed by atoms with Crippen LogP contribution in [0.4, 0.5) is 5.69 Å². The molecule has 0 spiro atoms. The van der Waals surface area contributed by atoms with Crippen LogP contribution >= 0.6 is 0 Å². The van der Waals surface area contributed by atoms with Gasteiger partial charge < -0.3 is 9.64 Å². The molecule has 0 saturated heterocycles. The van der Waals surface area contributed by atoms with E-state index >= 15 is 0 Å². The highest BCUT2D eigenvalue weighted by Crippen LogP contribution is 2.38. The monoisotopic (exact) mass is 309 g/mol. The number of nitrogens with zero attached hydrogens (tertiary/aromatic N) is 1. The number of rotatable bonds is 5. The zero-order valence-corrected chi connectivity index (χ0v) is 15.1. The molecular formula is C21H27NO. The Bertz CT molecular complexity index is 714. The average Bonchev–Trinajstić information content (AvgIpc) is 2.56. The Morgan fingerprint density at radius 2 is 1.78 bits per heavy atom. The molecule has 2 aromatic carbocycles. The van der Waals surface area contributed by atoms with E-state index in [-0.39, 0.29) is 0 Å². The summed E-state index contributed by atoms with van der Waals surface area (Å²) < 4.78 is 5.80. The third kappa shape index (κ3) is 3.26. The van der Waals surface area contributed by atoms with Gasteiger partial charge in [-0.3, -0.25) is 0 Å². The normalized spacial score (nSPS) is 11.5. The first-order valence-corrected chi connectivity index (χ1v) is 8.15. The first kappa shape index (κ1) is 17.1. The summed E-state index contributed by atoms with van der Waals surface area (Å²) >= 11 is 0. The molecule has 122 valence electrons. The van der Waals surface area contributed by atoms with E-state index in [4.69, 9.17) is 4.74 Å². The molecule has 0 heterocycles. The molecule has 2 aromatic rings. The van der Waals surface area contributed by atoms with Crippen molar-refractivity contribution in [1.82, 2.24) is 0 Å². The third-order valence-electron chi connectivity index (χ3n) is 4.31. The van der Waals surface area contributed by atoms with Crippen LogP contribution in [-0.2, 0) is 6.42 Å². The van der Waals surface area contributed by atoms with Gasteiger partial charge in [-0.1, -0.05) is 43.3 Å². The van der Waals surface area contributed by atoms with Crippen LogP contribution in [0.15, 0.2) is 42.5 Å². The molecule has 2 nitrogen and oxygen atoms in total. The van der Waals surface area contributed by atoms with Gasteiger partial charge in [-0.15, -0.1) is 0 Å². The molecule has 0 radical (unpaired) electrons. The third-order valence-corrected chi connectivity index (χ3v) is 4.31. The number of methoxy groups -OCH3 is 1. The van der Waals surface area contributed by atoms with Crippen molar-refractivity contribution in [2.24, 2.45) is 0 Å². The number of benzene rings is 2. The molecule has 0 aliphatic carbocycles. The van der Waals surface area contributed by atoms with Crippen molar-refractivity contribution in [3.05, 3.63) is 64.7 Å². The predicted octanol–water partition coefficient (Wildman–Crippen LogP) is 5.08. The average molecular weight is 309 g/mol. The SMILES string of the molecule is C/C=C(\c1ccccc1N(C)C)c1ccc(C)c(CC)c1OC. The smallest absolute Gasteiger partial charge is 0.130 e. The van der Waals surface area contributed by atoms with Crippen LogP contribution in [0, 0.1) is 6.92 Å². The number of ether oxygens (including phenoxy) is 1. The van der Waals surface area contributed by atoms with E-state index in [2.05, 4.69) is 82.2 Å². The zero-order chi connectivity index (χ0) is 17.0. The molecular weight excluding hydrogens is 282 g/mol.